The van der Waals surface area contributed by atoms with Crippen LogP contribution in [0.2, 0.25) is 0 Å². The standard InChI is InChI=1S/C14H9Br2NO4/c15-12-5-4-11(6-10(12)7-18)21-8-9-2-1-3-13(14(9)16)17(19)20/h1-7H,8H2. The summed E-state index contributed by atoms with van der Waals surface area (Å²) >= 11 is 6.46. The van der Waals surface area contributed by atoms with Crippen LogP contribution in [0.25, 0.3) is 0 Å². The SMILES string of the molecule is O=Cc1cc(OCc2cccc([N+](=O)[O-])c2Br)ccc1Br. The maximum Gasteiger partial charge on any atom is 0.283 e. The largest absolute Gasteiger partial charge is 0.489 e. The molecule has 0 unspecified atom stereocenters. The predicted octanol–water partition coefficient (Wildman–Crippen LogP) is 4.51. The van der Waals surface area contributed by atoms with Crippen LogP contribution < -0.4 is 4.74 Å². The smallest absolute Gasteiger partial charge is 0.283 e. The van der Waals surface area contributed by atoms with Crippen molar-refractivity contribution in [3.8, 4) is 5.75 Å². The molecule has 5 nitrogen and oxygen atoms in total. The number of benzene rings is 2. The quantitative estimate of drug-likeness (QED) is 0.410. The average molecular weight is 415 g/mol. The number of hydrogen-bond donors (Lipinski definition) is 0. The zero-order valence-electron chi connectivity index (χ0n) is 10.6. The molecule has 0 aliphatic heterocycles. The van der Waals surface area contributed by atoms with Gasteiger partial charge in [-0.15, -0.1) is 0 Å². The third-order valence-electron chi connectivity index (χ3n) is 2.74. The van der Waals surface area contributed by atoms with Gasteiger partial charge in [-0.2, -0.15) is 0 Å². The van der Waals surface area contributed by atoms with Crippen LogP contribution in [0, 0.1) is 10.1 Å². The van der Waals surface area contributed by atoms with E-state index in [2.05, 4.69) is 31.9 Å². The number of carbonyl (C=O) groups excluding carboxylic acids is 1. The Morgan fingerprint density at radius 3 is 2.67 bits per heavy atom. The molecule has 0 N–H and O–H groups in total. The molecular formula is C14H9Br2NO4. The summed E-state index contributed by atoms with van der Waals surface area (Å²) in [6, 6.07) is 9.76. The van der Waals surface area contributed by atoms with E-state index < -0.39 is 4.92 Å². The van der Waals surface area contributed by atoms with Gasteiger partial charge in [-0.25, -0.2) is 0 Å². The number of rotatable bonds is 5. The maximum absolute atomic E-state index is 10.9. The van der Waals surface area contributed by atoms with Crippen molar-refractivity contribution in [1.82, 2.24) is 0 Å². The minimum absolute atomic E-state index is 0.0134. The summed E-state index contributed by atoms with van der Waals surface area (Å²) < 4.78 is 6.65. The van der Waals surface area contributed by atoms with Crippen LogP contribution in [-0.2, 0) is 6.61 Å². The molecule has 0 amide bonds. The van der Waals surface area contributed by atoms with Gasteiger partial charge in [0.1, 0.15) is 16.8 Å². The van der Waals surface area contributed by atoms with Crippen LogP contribution >= 0.6 is 31.9 Å². The van der Waals surface area contributed by atoms with Crippen LogP contribution in [0.4, 0.5) is 5.69 Å². The summed E-state index contributed by atoms with van der Waals surface area (Å²) in [6.07, 6.45) is 0.722. The zero-order chi connectivity index (χ0) is 15.4. The molecule has 0 aliphatic rings. The van der Waals surface area contributed by atoms with Crippen LogP contribution in [0.1, 0.15) is 15.9 Å². The summed E-state index contributed by atoms with van der Waals surface area (Å²) in [5.74, 6) is 0.513. The van der Waals surface area contributed by atoms with E-state index in [-0.39, 0.29) is 12.3 Å². The van der Waals surface area contributed by atoms with Crippen LogP contribution in [0.5, 0.6) is 5.75 Å². The average Bonchev–Trinajstić information content (AvgIpc) is 2.47. The van der Waals surface area contributed by atoms with E-state index in [0.29, 0.717) is 25.8 Å². The molecule has 0 fully saturated rings. The highest BCUT2D eigenvalue weighted by Crippen LogP contribution is 2.29. The van der Waals surface area contributed by atoms with E-state index >= 15 is 0 Å². The molecule has 21 heavy (non-hydrogen) atoms. The van der Waals surface area contributed by atoms with Crippen LogP contribution in [-0.4, -0.2) is 11.2 Å². The second-order valence-electron chi connectivity index (χ2n) is 4.10. The topological polar surface area (TPSA) is 69.4 Å². The Kier molecular flexibility index (Phi) is 5.08. The molecule has 0 saturated heterocycles. The number of ether oxygens (including phenoxy) is 1. The lowest BCUT2D eigenvalue weighted by atomic mass is 10.2. The number of aldehydes is 1. The molecule has 108 valence electrons. The van der Waals surface area contributed by atoms with Crippen molar-refractivity contribution in [3.05, 3.63) is 66.6 Å². The number of hydrogen-bond acceptors (Lipinski definition) is 4. The van der Waals surface area contributed by atoms with Gasteiger partial charge in [0.15, 0.2) is 6.29 Å². The van der Waals surface area contributed by atoms with Gasteiger partial charge in [0.2, 0.25) is 0 Å². The second kappa shape index (κ2) is 6.82. The van der Waals surface area contributed by atoms with Gasteiger partial charge in [0, 0.05) is 21.7 Å². The van der Waals surface area contributed by atoms with E-state index in [9.17, 15) is 14.9 Å². The summed E-state index contributed by atoms with van der Waals surface area (Å²) in [5.41, 5.74) is 1.12. The van der Waals surface area contributed by atoms with Gasteiger partial charge in [-0.3, -0.25) is 14.9 Å². The third-order valence-corrected chi connectivity index (χ3v) is 4.38. The van der Waals surface area contributed by atoms with Crippen LogP contribution in [0.15, 0.2) is 45.3 Å². The lowest BCUT2D eigenvalue weighted by molar-refractivity contribution is -0.385. The van der Waals surface area contributed by atoms with Crippen LogP contribution in [0.3, 0.4) is 0 Å². The molecule has 0 radical (unpaired) electrons. The van der Waals surface area contributed by atoms with Gasteiger partial charge in [0.25, 0.3) is 5.69 Å². The molecule has 2 aromatic rings. The first kappa shape index (κ1) is 15.7. The number of nitro benzene ring substituents is 1. The predicted molar refractivity (Wildman–Crippen MR) is 84.7 cm³/mol. The Morgan fingerprint density at radius 2 is 2.00 bits per heavy atom. The van der Waals surface area contributed by atoms with Gasteiger partial charge in [-0.1, -0.05) is 28.1 Å². The van der Waals surface area contributed by atoms with Crippen molar-refractivity contribution in [2.75, 3.05) is 0 Å². The lowest BCUT2D eigenvalue weighted by Gasteiger charge is -2.09. The lowest BCUT2D eigenvalue weighted by Crippen LogP contribution is -1.99. The highest BCUT2D eigenvalue weighted by Gasteiger charge is 2.15. The molecule has 0 spiro atoms. The molecule has 0 saturated carbocycles. The van der Waals surface area contributed by atoms with Crippen molar-refractivity contribution >= 4 is 43.8 Å². The number of carbonyl (C=O) groups is 1. The molecule has 0 aromatic heterocycles. The Labute approximate surface area is 137 Å². The summed E-state index contributed by atoms with van der Waals surface area (Å²) in [5, 5.41) is 10.9. The van der Waals surface area contributed by atoms with E-state index in [1.165, 1.54) is 6.07 Å². The van der Waals surface area contributed by atoms with Crippen molar-refractivity contribution in [1.29, 1.82) is 0 Å². The molecule has 7 heteroatoms. The fourth-order valence-corrected chi connectivity index (χ4v) is 2.55. The molecule has 0 atom stereocenters. The number of nitrogens with zero attached hydrogens (tertiary/aromatic N) is 1. The van der Waals surface area contributed by atoms with E-state index in [1.807, 2.05) is 0 Å². The normalized spacial score (nSPS) is 10.2. The van der Waals surface area contributed by atoms with Gasteiger partial charge in [0.05, 0.1) is 4.92 Å². The van der Waals surface area contributed by atoms with Gasteiger partial charge < -0.3 is 4.74 Å². The summed E-state index contributed by atoms with van der Waals surface area (Å²) in [4.78, 5) is 21.3. The van der Waals surface area contributed by atoms with E-state index in [0.717, 1.165) is 6.29 Å². The first-order chi connectivity index (χ1) is 10.0. The molecule has 2 rings (SSSR count). The first-order valence-electron chi connectivity index (χ1n) is 5.82. The van der Waals surface area contributed by atoms with Gasteiger partial charge in [-0.05, 0) is 34.1 Å². The molecule has 0 bridgehead atoms. The second-order valence-corrected chi connectivity index (χ2v) is 5.74. The van der Waals surface area contributed by atoms with Crippen molar-refractivity contribution < 1.29 is 14.5 Å². The van der Waals surface area contributed by atoms with Crippen molar-refractivity contribution in [3.63, 3.8) is 0 Å². The van der Waals surface area contributed by atoms with Crippen molar-refractivity contribution in [2.24, 2.45) is 0 Å². The fourth-order valence-electron chi connectivity index (χ4n) is 1.68. The minimum Gasteiger partial charge on any atom is -0.489 e. The first-order valence-corrected chi connectivity index (χ1v) is 7.41. The number of nitro groups is 1. The summed E-state index contributed by atoms with van der Waals surface area (Å²) in [6.45, 7) is 0.155. The molecule has 0 aliphatic carbocycles. The Bertz CT molecular complexity index is 703. The molecule has 0 heterocycles. The van der Waals surface area contributed by atoms with E-state index in [1.54, 1.807) is 30.3 Å². The minimum atomic E-state index is -0.461. The third kappa shape index (κ3) is 3.68. The summed E-state index contributed by atoms with van der Waals surface area (Å²) in [7, 11) is 0. The molecule has 2 aromatic carbocycles. The highest BCUT2D eigenvalue weighted by atomic mass is 79.9. The fraction of sp³-hybridized carbons (Fsp3) is 0.0714. The van der Waals surface area contributed by atoms with E-state index in [4.69, 9.17) is 4.74 Å². The Hall–Kier alpha value is -1.73. The monoisotopic (exact) mass is 413 g/mol. The number of halogens is 2. The Balaban J connectivity index is 2.19. The maximum atomic E-state index is 10.9. The zero-order valence-corrected chi connectivity index (χ0v) is 13.8. The van der Waals surface area contributed by atoms with Gasteiger partial charge >= 0.3 is 0 Å². The molecular weight excluding hydrogens is 406 g/mol. The van der Waals surface area contributed by atoms with Crippen molar-refractivity contribution in [2.45, 2.75) is 6.61 Å². The Morgan fingerprint density at radius 1 is 1.24 bits per heavy atom. The highest BCUT2D eigenvalue weighted by molar-refractivity contribution is 9.11.